The van der Waals surface area contributed by atoms with Crippen LogP contribution in [0.25, 0.3) is 11.1 Å². The topological polar surface area (TPSA) is 93.4 Å². The Kier molecular flexibility index (Phi) is 9.02. The van der Waals surface area contributed by atoms with E-state index < -0.39 is 24.4 Å². The lowest BCUT2D eigenvalue weighted by Gasteiger charge is -2.43. The molecule has 6 nitrogen and oxygen atoms in total. The van der Waals surface area contributed by atoms with E-state index in [-0.39, 0.29) is 13.2 Å². The maximum Gasteiger partial charge on any atom is 0.109 e. The van der Waals surface area contributed by atoms with Gasteiger partial charge in [-0.25, -0.2) is 0 Å². The molecule has 4 atom stereocenters. The van der Waals surface area contributed by atoms with Gasteiger partial charge in [0.05, 0.1) is 25.4 Å². The first-order valence-electron chi connectivity index (χ1n) is 11.1. The summed E-state index contributed by atoms with van der Waals surface area (Å²) in [6.45, 7) is 4.07. The van der Waals surface area contributed by atoms with Crippen molar-refractivity contribution in [2.75, 3.05) is 26.3 Å². The van der Waals surface area contributed by atoms with Gasteiger partial charge in [-0.3, -0.25) is 4.90 Å². The Labute approximate surface area is 184 Å². The highest BCUT2D eigenvalue weighted by atomic mass is 16.5. The van der Waals surface area contributed by atoms with Gasteiger partial charge in [-0.1, -0.05) is 48.5 Å². The number of aliphatic hydroxyl groups is 4. The molecule has 2 aromatic rings. The monoisotopic (exact) mass is 429 g/mol. The molecule has 1 aliphatic rings. The van der Waals surface area contributed by atoms with Crippen LogP contribution >= 0.6 is 0 Å². The number of β-amino-alcohol motifs (C(OH)–C–C–N with tert-alkyl or cyclic N) is 1. The van der Waals surface area contributed by atoms with E-state index in [0.717, 1.165) is 24.8 Å². The van der Waals surface area contributed by atoms with Gasteiger partial charge in [-0.15, -0.1) is 0 Å². The predicted molar refractivity (Wildman–Crippen MR) is 121 cm³/mol. The fourth-order valence-corrected chi connectivity index (χ4v) is 4.28. The van der Waals surface area contributed by atoms with Crippen LogP contribution < -0.4 is 0 Å². The number of nitrogens with zero attached hydrogens (tertiary/aromatic N) is 1. The van der Waals surface area contributed by atoms with Crippen LogP contribution in [0.1, 0.15) is 30.4 Å². The van der Waals surface area contributed by atoms with Crippen molar-refractivity contribution in [2.24, 2.45) is 0 Å². The number of benzene rings is 2. The van der Waals surface area contributed by atoms with E-state index in [4.69, 9.17) is 4.74 Å². The molecule has 1 saturated heterocycles. The molecule has 0 aliphatic carbocycles. The van der Waals surface area contributed by atoms with E-state index in [0.29, 0.717) is 19.8 Å². The van der Waals surface area contributed by atoms with Crippen molar-refractivity contribution in [2.45, 2.75) is 57.1 Å². The maximum atomic E-state index is 10.0. The lowest BCUT2D eigenvalue weighted by atomic mass is 9.94. The number of hydrogen-bond donors (Lipinski definition) is 4. The van der Waals surface area contributed by atoms with Crippen LogP contribution in [0.5, 0.6) is 0 Å². The van der Waals surface area contributed by atoms with Crippen molar-refractivity contribution < 1.29 is 25.2 Å². The van der Waals surface area contributed by atoms with E-state index in [9.17, 15) is 20.4 Å². The summed E-state index contributed by atoms with van der Waals surface area (Å²) in [5.41, 5.74) is 4.87. The van der Waals surface area contributed by atoms with Gasteiger partial charge in [0.2, 0.25) is 0 Å². The molecule has 0 amide bonds. The molecule has 1 heterocycles. The molecule has 0 spiro atoms. The average molecular weight is 430 g/mol. The zero-order valence-electron chi connectivity index (χ0n) is 18.2. The molecule has 31 heavy (non-hydrogen) atoms. The molecule has 0 unspecified atom stereocenters. The molecule has 0 saturated carbocycles. The Morgan fingerprint density at radius 3 is 2.45 bits per heavy atom. The Balaban J connectivity index is 1.35. The smallest absolute Gasteiger partial charge is 0.109 e. The van der Waals surface area contributed by atoms with Crippen LogP contribution in [0, 0.1) is 6.92 Å². The van der Waals surface area contributed by atoms with Crippen molar-refractivity contribution in [1.29, 1.82) is 0 Å². The van der Waals surface area contributed by atoms with Crippen LogP contribution in [0.15, 0.2) is 48.5 Å². The van der Waals surface area contributed by atoms with Crippen LogP contribution in [-0.4, -0.2) is 76.0 Å². The Bertz CT molecular complexity index is 800. The first-order chi connectivity index (χ1) is 15.0. The molecule has 4 N–H and O–H groups in total. The van der Waals surface area contributed by atoms with Gasteiger partial charge in [-0.05, 0) is 55.0 Å². The third-order valence-corrected chi connectivity index (χ3v) is 6.09. The molecule has 170 valence electrons. The van der Waals surface area contributed by atoms with E-state index in [1.54, 1.807) is 0 Å². The van der Waals surface area contributed by atoms with Crippen molar-refractivity contribution in [3.63, 3.8) is 0 Å². The lowest BCUT2D eigenvalue weighted by molar-refractivity contribution is -0.145. The Hall–Kier alpha value is -1.80. The summed E-state index contributed by atoms with van der Waals surface area (Å²) in [5, 5.41) is 39.2. The number of aliphatic hydroxyl groups excluding tert-OH is 4. The summed E-state index contributed by atoms with van der Waals surface area (Å²) < 4.78 is 5.84. The molecule has 0 radical (unpaired) electrons. The summed E-state index contributed by atoms with van der Waals surface area (Å²) in [6.07, 6.45) is -0.568. The van der Waals surface area contributed by atoms with Gasteiger partial charge < -0.3 is 25.2 Å². The number of unbranched alkanes of at least 4 members (excludes halogenated alkanes) is 2. The summed E-state index contributed by atoms with van der Waals surface area (Å²) in [6, 6.07) is 16.3. The molecule has 1 aliphatic heterocycles. The zero-order valence-corrected chi connectivity index (χ0v) is 18.2. The average Bonchev–Trinajstić information content (AvgIpc) is 2.77. The quantitative estimate of drug-likeness (QED) is 0.432. The van der Waals surface area contributed by atoms with Crippen LogP contribution in [0.3, 0.4) is 0 Å². The van der Waals surface area contributed by atoms with E-state index in [1.807, 2.05) is 11.0 Å². The lowest BCUT2D eigenvalue weighted by Crippen LogP contribution is -2.62. The number of hydrogen-bond acceptors (Lipinski definition) is 6. The Morgan fingerprint density at radius 1 is 0.968 bits per heavy atom. The Morgan fingerprint density at radius 2 is 1.74 bits per heavy atom. The van der Waals surface area contributed by atoms with Crippen LogP contribution in [0.2, 0.25) is 0 Å². The summed E-state index contributed by atoms with van der Waals surface area (Å²) in [4.78, 5) is 1.86. The van der Waals surface area contributed by atoms with E-state index in [2.05, 4.69) is 49.4 Å². The highest BCUT2D eigenvalue weighted by Crippen LogP contribution is 2.24. The fourth-order valence-electron chi connectivity index (χ4n) is 4.28. The highest BCUT2D eigenvalue weighted by Gasteiger charge is 2.40. The molecule has 3 rings (SSSR count). The molecule has 0 aromatic heterocycles. The largest absolute Gasteiger partial charge is 0.395 e. The molecule has 6 heteroatoms. The minimum absolute atomic E-state index is 0.240. The standard InChI is InChI=1S/C25H35NO5/c1-18-14-19(10-11-21(18)20-8-4-2-5-9-20)17-31-13-7-3-6-12-26-15-23(28)25(30)24(29)22(26)16-27/h2,4-5,8-11,14,22-25,27-30H,3,6-7,12-13,15-17H2,1H3/t22-,23+,24+,25-/m1/s1. The van der Waals surface area contributed by atoms with Gasteiger partial charge in [0, 0.05) is 13.2 Å². The van der Waals surface area contributed by atoms with Gasteiger partial charge in [0.25, 0.3) is 0 Å². The van der Waals surface area contributed by atoms with Crippen LogP contribution in [0.4, 0.5) is 0 Å². The third-order valence-electron chi connectivity index (χ3n) is 6.09. The SMILES string of the molecule is Cc1cc(COCCCCCN2C[C@H](O)[C@@H](O)[C@@H](O)[C@H]2CO)ccc1-c1ccccc1. The van der Waals surface area contributed by atoms with Gasteiger partial charge in [0.1, 0.15) is 12.2 Å². The minimum Gasteiger partial charge on any atom is -0.395 e. The number of aryl methyl sites for hydroxylation is 1. The summed E-state index contributed by atoms with van der Waals surface area (Å²) in [7, 11) is 0. The van der Waals surface area contributed by atoms with Crippen LogP contribution in [-0.2, 0) is 11.3 Å². The number of ether oxygens (including phenoxy) is 1. The van der Waals surface area contributed by atoms with Crippen molar-refractivity contribution in [1.82, 2.24) is 4.90 Å². The summed E-state index contributed by atoms with van der Waals surface area (Å²) >= 11 is 0. The van der Waals surface area contributed by atoms with Crippen molar-refractivity contribution >= 4 is 0 Å². The predicted octanol–water partition coefficient (Wildman–Crippen LogP) is 2.11. The van der Waals surface area contributed by atoms with E-state index in [1.165, 1.54) is 16.7 Å². The molecular formula is C25H35NO5. The second-order valence-corrected chi connectivity index (χ2v) is 8.42. The molecule has 1 fully saturated rings. The first kappa shape index (κ1) is 23.9. The second-order valence-electron chi connectivity index (χ2n) is 8.42. The highest BCUT2D eigenvalue weighted by molar-refractivity contribution is 5.67. The van der Waals surface area contributed by atoms with Crippen molar-refractivity contribution in [3.05, 3.63) is 59.7 Å². The third kappa shape index (κ3) is 6.35. The zero-order chi connectivity index (χ0) is 22.2. The van der Waals surface area contributed by atoms with Gasteiger partial charge >= 0.3 is 0 Å². The normalized spacial score (nSPS) is 24.4. The molecule has 0 bridgehead atoms. The summed E-state index contributed by atoms with van der Waals surface area (Å²) in [5.74, 6) is 0. The van der Waals surface area contributed by atoms with Gasteiger partial charge in [-0.2, -0.15) is 0 Å². The number of likely N-dealkylation sites (tertiary alicyclic amines) is 1. The first-order valence-corrected chi connectivity index (χ1v) is 11.1. The maximum absolute atomic E-state index is 10.0. The minimum atomic E-state index is -1.20. The number of rotatable bonds is 10. The molecule has 2 aromatic carbocycles. The fraction of sp³-hybridized carbons (Fsp3) is 0.520. The van der Waals surface area contributed by atoms with Crippen molar-refractivity contribution in [3.8, 4) is 11.1 Å². The van der Waals surface area contributed by atoms with Gasteiger partial charge in [0.15, 0.2) is 0 Å². The van der Waals surface area contributed by atoms with E-state index >= 15 is 0 Å². The molecular weight excluding hydrogens is 394 g/mol. The number of piperidine rings is 1. The second kappa shape index (κ2) is 11.7.